The van der Waals surface area contributed by atoms with Gasteiger partial charge in [-0.1, -0.05) is 12.1 Å². The molecule has 1 unspecified atom stereocenters. The topological polar surface area (TPSA) is 68.2 Å². The average molecular weight is 342 g/mol. The molecule has 0 radical (unpaired) electrons. The fraction of sp³-hybridized carbons (Fsp3) is 0.579. The van der Waals surface area contributed by atoms with Crippen LogP contribution in [0.5, 0.6) is 0 Å². The van der Waals surface area contributed by atoms with E-state index in [4.69, 9.17) is 4.74 Å². The predicted molar refractivity (Wildman–Crippen MR) is 96.3 cm³/mol. The molecule has 1 aromatic carbocycles. The SMILES string of the molecule is O=C(CCn1cnc2ccccc21)NCC1CC2(CCNCC2)CO1. The third-order valence-corrected chi connectivity index (χ3v) is 5.58. The Hall–Kier alpha value is -1.92. The molecule has 25 heavy (non-hydrogen) atoms. The fourth-order valence-electron chi connectivity index (χ4n) is 4.06. The smallest absolute Gasteiger partial charge is 0.221 e. The number of aromatic nitrogens is 2. The summed E-state index contributed by atoms with van der Waals surface area (Å²) in [6.45, 7) is 4.28. The molecule has 4 rings (SSSR count). The quantitative estimate of drug-likeness (QED) is 0.868. The highest BCUT2D eigenvalue weighted by Gasteiger charge is 2.40. The number of rotatable bonds is 5. The minimum absolute atomic E-state index is 0.0765. The molecule has 2 aliphatic rings. The van der Waals surface area contributed by atoms with Crippen LogP contribution in [0, 0.1) is 5.41 Å². The van der Waals surface area contributed by atoms with Crippen molar-refractivity contribution in [1.82, 2.24) is 20.2 Å². The first-order valence-corrected chi connectivity index (χ1v) is 9.23. The first-order valence-electron chi connectivity index (χ1n) is 9.23. The maximum atomic E-state index is 12.2. The zero-order valence-electron chi connectivity index (χ0n) is 14.5. The van der Waals surface area contributed by atoms with Crippen LogP contribution in [0.4, 0.5) is 0 Å². The molecule has 1 amide bonds. The number of piperidine rings is 1. The van der Waals surface area contributed by atoms with Crippen molar-refractivity contribution in [1.29, 1.82) is 0 Å². The highest BCUT2D eigenvalue weighted by molar-refractivity contribution is 5.77. The first kappa shape index (κ1) is 16.5. The van der Waals surface area contributed by atoms with Gasteiger partial charge < -0.3 is 19.9 Å². The Kier molecular flexibility index (Phi) is 4.72. The summed E-state index contributed by atoms with van der Waals surface area (Å²) in [6.07, 6.45) is 5.87. The Morgan fingerprint density at radius 3 is 3.08 bits per heavy atom. The number of carbonyl (C=O) groups excluding carboxylic acids is 1. The highest BCUT2D eigenvalue weighted by atomic mass is 16.5. The van der Waals surface area contributed by atoms with E-state index in [1.165, 1.54) is 12.8 Å². The number of hydrogen-bond donors (Lipinski definition) is 2. The molecule has 1 atom stereocenters. The van der Waals surface area contributed by atoms with Gasteiger partial charge in [-0.3, -0.25) is 4.79 Å². The summed E-state index contributed by atoms with van der Waals surface area (Å²) in [5.74, 6) is 0.0765. The normalized spacial score (nSPS) is 22.5. The van der Waals surface area contributed by atoms with Gasteiger partial charge in [-0.25, -0.2) is 4.98 Å². The molecule has 6 nitrogen and oxygen atoms in total. The number of amides is 1. The maximum absolute atomic E-state index is 12.2. The van der Waals surface area contributed by atoms with Gasteiger partial charge in [0.05, 0.1) is 30.1 Å². The largest absolute Gasteiger partial charge is 0.376 e. The lowest BCUT2D eigenvalue weighted by molar-refractivity contribution is -0.121. The van der Waals surface area contributed by atoms with Gasteiger partial charge >= 0.3 is 0 Å². The summed E-state index contributed by atoms with van der Waals surface area (Å²) in [6, 6.07) is 7.99. The van der Waals surface area contributed by atoms with Gasteiger partial charge in [-0.2, -0.15) is 0 Å². The minimum Gasteiger partial charge on any atom is -0.376 e. The summed E-state index contributed by atoms with van der Waals surface area (Å²) < 4.78 is 7.98. The lowest BCUT2D eigenvalue weighted by atomic mass is 9.77. The zero-order chi connectivity index (χ0) is 17.1. The van der Waals surface area contributed by atoms with Gasteiger partial charge in [0.25, 0.3) is 0 Å². The Balaban J connectivity index is 1.23. The zero-order valence-corrected chi connectivity index (χ0v) is 14.5. The standard InChI is InChI=1S/C19H26N4O2/c24-18(5-10-23-14-22-16-3-1-2-4-17(16)23)21-12-15-11-19(13-25-15)6-8-20-9-7-19/h1-4,14-15,20H,5-13H2,(H,21,24). The number of para-hydroxylation sites is 2. The van der Waals surface area contributed by atoms with E-state index in [0.29, 0.717) is 24.9 Å². The summed E-state index contributed by atoms with van der Waals surface area (Å²) >= 11 is 0. The summed E-state index contributed by atoms with van der Waals surface area (Å²) in [5.41, 5.74) is 2.38. The number of ether oxygens (including phenoxy) is 1. The number of imidazole rings is 1. The molecule has 6 heteroatoms. The Bertz CT molecular complexity index is 736. The van der Waals surface area contributed by atoms with Crippen molar-refractivity contribution in [3.8, 4) is 0 Å². The van der Waals surface area contributed by atoms with Crippen LogP contribution in [-0.2, 0) is 16.1 Å². The lowest BCUT2D eigenvalue weighted by Gasteiger charge is -2.32. The minimum atomic E-state index is 0.0765. The number of nitrogens with one attached hydrogen (secondary N) is 2. The van der Waals surface area contributed by atoms with Crippen LogP contribution in [0.25, 0.3) is 11.0 Å². The number of aryl methyl sites for hydroxylation is 1. The number of fused-ring (bicyclic) bond motifs is 1. The molecule has 1 aromatic heterocycles. The van der Waals surface area contributed by atoms with Crippen molar-refractivity contribution < 1.29 is 9.53 Å². The molecule has 134 valence electrons. The van der Waals surface area contributed by atoms with Crippen molar-refractivity contribution in [3.63, 3.8) is 0 Å². The van der Waals surface area contributed by atoms with Gasteiger partial charge in [-0.15, -0.1) is 0 Å². The monoisotopic (exact) mass is 342 g/mol. The Morgan fingerprint density at radius 2 is 2.20 bits per heavy atom. The number of benzene rings is 1. The van der Waals surface area contributed by atoms with Crippen molar-refractivity contribution in [2.24, 2.45) is 5.41 Å². The van der Waals surface area contributed by atoms with Crippen LogP contribution in [0.2, 0.25) is 0 Å². The van der Waals surface area contributed by atoms with Crippen molar-refractivity contribution in [2.75, 3.05) is 26.2 Å². The van der Waals surface area contributed by atoms with E-state index in [0.717, 1.165) is 37.2 Å². The van der Waals surface area contributed by atoms with Gasteiger partial charge in [0.15, 0.2) is 0 Å². The molecule has 2 N–H and O–H groups in total. The molecule has 0 aliphatic carbocycles. The third-order valence-electron chi connectivity index (χ3n) is 5.58. The van der Waals surface area contributed by atoms with Crippen LogP contribution in [-0.4, -0.2) is 47.8 Å². The van der Waals surface area contributed by atoms with Gasteiger partial charge in [-0.05, 0) is 49.9 Å². The molecule has 0 bridgehead atoms. The van der Waals surface area contributed by atoms with Crippen molar-refractivity contribution in [2.45, 2.75) is 38.3 Å². The van der Waals surface area contributed by atoms with Crippen LogP contribution in [0.3, 0.4) is 0 Å². The highest BCUT2D eigenvalue weighted by Crippen LogP contribution is 2.40. The molecule has 3 heterocycles. The van der Waals surface area contributed by atoms with Crippen molar-refractivity contribution in [3.05, 3.63) is 30.6 Å². The van der Waals surface area contributed by atoms with E-state index in [9.17, 15) is 4.79 Å². The van der Waals surface area contributed by atoms with E-state index in [1.807, 2.05) is 28.8 Å². The first-order chi connectivity index (χ1) is 12.2. The fourth-order valence-corrected chi connectivity index (χ4v) is 4.06. The van der Waals surface area contributed by atoms with E-state index >= 15 is 0 Å². The van der Waals surface area contributed by atoms with Gasteiger partial charge in [0.2, 0.25) is 5.91 Å². The van der Waals surface area contributed by atoms with E-state index < -0.39 is 0 Å². The van der Waals surface area contributed by atoms with E-state index in [1.54, 1.807) is 6.33 Å². The molecule has 2 aliphatic heterocycles. The van der Waals surface area contributed by atoms with Crippen molar-refractivity contribution >= 4 is 16.9 Å². The van der Waals surface area contributed by atoms with Gasteiger partial charge in [0.1, 0.15) is 0 Å². The number of nitrogens with zero attached hydrogens (tertiary/aromatic N) is 2. The molecular formula is C19H26N4O2. The average Bonchev–Trinajstić information content (AvgIpc) is 3.23. The summed E-state index contributed by atoms with van der Waals surface area (Å²) in [5, 5.41) is 6.45. The van der Waals surface area contributed by atoms with Crippen LogP contribution in [0.15, 0.2) is 30.6 Å². The molecule has 2 aromatic rings. The summed E-state index contributed by atoms with van der Waals surface area (Å²) in [4.78, 5) is 16.5. The third kappa shape index (κ3) is 3.70. The summed E-state index contributed by atoms with van der Waals surface area (Å²) in [7, 11) is 0. The molecule has 2 saturated heterocycles. The lowest BCUT2D eigenvalue weighted by Crippen LogP contribution is -2.38. The Labute approximate surface area is 147 Å². The van der Waals surface area contributed by atoms with E-state index in [2.05, 4.69) is 15.6 Å². The molecule has 1 spiro atoms. The van der Waals surface area contributed by atoms with E-state index in [-0.39, 0.29) is 12.0 Å². The predicted octanol–water partition coefficient (Wildman–Crippen LogP) is 1.70. The van der Waals surface area contributed by atoms with Crippen LogP contribution in [0.1, 0.15) is 25.7 Å². The molecular weight excluding hydrogens is 316 g/mol. The molecule has 2 fully saturated rings. The molecule has 0 saturated carbocycles. The second-order valence-corrected chi connectivity index (χ2v) is 7.37. The van der Waals surface area contributed by atoms with Crippen LogP contribution < -0.4 is 10.6 Å². The maximum Gasteiger partial charge on any atom is 0.221 e. The number of hydrogen-bond acceptors (Lipinski definition) is 4. The number of carbonyl (C=O) groups is 1. The second-order valence-electron chi connectivity index (χ2n) is 7.37. The van der Waals surface area contributed by atoms with Crippen LogP contribution >= 0.6 is 0 Å². The second kappa shape index (κ2) is 7.14. The van der Waals surface area contributed by atoms with Gasteiger partial charge in [0, 0.05) is 19.5 Å². The Morgan fingerprint density at radius 1 is 1.36 bits per heavy atom.